The summed E-state index contributed by atoms with van der Waals surface area (Å²) in [5.74, 6) is 0. The fourth-order valence-electron chi connectivity index (χ4n) is 0.569. The van der Waals surface area contributed by atoms with Crippen LogP contribution < -0.4 is 5.73 Å². The van der Waals surface area contributed by atoms with E-state index in [0.717, 1.165) is 6.54 Å². The summed E-state index contributed by atoms with van der Waals surface area (Å²) in [6.07, 6.45) is 4.84. The minimum absolute atomic E-state index is 0.0601. The number of nitrogens with two attached hydrogens (primary N) is 1. The summed E-state index contributed by atoms with van der Waals surface area (Å²) < 4.78 is 3.01. The summed E-state index contributed by atoms with van der Waals surface area (Å²) in [6.45, 7) is 0.888. The second-order valence-corrected chi connectivity index (χ2v) is 8.12. The Morgan fingerprint density at radius 1 is 1.44 bits per heavy atom. The molecule has 0 rings (SSSR count). The summed E-state index contributed by atoms with van der Waals surface area (Å²) in [5.41, 5.74) is 5.36. The average molecular weight is 252 g/mol. The van der Waals surface area contributed by atoms with Crippen LogP contribution >= 0.6 is 11.8 Å². The molecule has 3 heteroatoms. The first-order chi connectivity index (χ1) is 4.41. The molecule has 0 fully saturated rings. The van der Waals surface area contributed by atoms with Crippen LogP contribution in [0.25, 0.3) is 0 Å². The molecular formula is C6H15NSSn+2. The third-order valence-electron chi connectivity index (χ3n) is 1.05. The first-order valence-electron chi connectivity index (χ1n) is 3.31. The van der Waals surface area contributed by atoms with Crippen molar-refractivity contribution in [2.75, 3.05) is 16.6 Å². The van der Waals surface area contributed by atoms with Gasteiger partial charge in [0.2, 0.25) is 0 Å². The van der Waals surface area contributed by atoms with Crippen molar-refractivity contribution in [3.8, 4) is 0 Å². The standard InChI is InChI=1S/C4H10N.C2H5S.Sn/c1-2-3-4-5;1-3-2;/h1-5H2;1H2,2H3;/q;;+2. The monoisotopic (exact) mass is 253 g/mol. The molecular weight excluding hydrogens is 237 g/mol. The Labute approximate surface area is 72.4 Å². The van der Waals surface area contributed by atoms with Gasteiger partial charge >= 0.3 is 72.5 Å². The molecule has 0 aliphatic heterocycles. The Hall–Kier alpha value is 1.11. The molecule has 1 nitrogen and oxygen atoms in total. The molecule has 52 valence electrons. The van der Waals surface area contributed by atoms with Crippen molar-refractivity contribution in [1.82, 2.24) is 0 Å². The van der Waals surface area contributed by atoms with Crippen LogP contribution in [-0.2, 0) is 0 Å². The Morgan fingerprint density at radius 3 is 2.78 bits per heavy atom. The second kappa shape index (κ2) is 9.11. The van der Waals surface area contributed by atoms with Gasteiger partial charge in [0.1, 0.15) is 0 Å². The zero-order valence-electron chi connectivity index (χ0n) is 6.02. The van der Waals surface area contributed by atoms with Crippen LogP contribution in [0.2, 0.25) is 4.44 Å². The molecule has 0 bridgehead atoms. The minimum atomic E-state index is 0.0601. The van der Waals surface area contributed by atoms with E-state index in [0.29, 0.717) is 0 Å². The van der Waals surface area contributed by atoms with E-state index < -0.39 is 0 Å². The average Bonchev–Trinajstić information content (AvgIpc) is 1.89. The molecule has 0 amide bonds. The SMILES string of the molecule is CS[CH2][Sn+2][CH2]CCCN. The van der Waals surface area contributed by atoms with Crippen molar-refractivity contribution < 1.29 is 0 Å². The van der Waals surface area contributed by atoms with E-state index in [4.69, 9.17) is 5.73 Å². The maximum absolute atomic E-state index is 5.36. The Kier molecular flexibility index (Phi) is 10.2. The molecule has 0 spiro atoms. The van der Waals surface area contributed by atoms with Crippen LogP contribution in [0.1, 0.15) is 12.8 Å². The molecule has 0 radical (unpaired) electrons. The molecule has 0 heterocycles. The zero-order valence-corrected chi connectivity index (χ0v) is 9.69. The summed E-state index contributed by atoms with van der Waals surface area (Å²) in [5, 5.41) is 0. The second-order valence-electron chi connectivity index (χ2n) is 1.93. The van der Waals surface area contributed by atoms with E-state index >= 15 is 0 Å². The predicted molar refractivity (Wildman–Crippen MR) is 47.2 cm³/mol. The molecule has 0 unspecified atom stereocenters. The van der Waals surface area contributed by atoms with Gasteiger partial charge in [0.15, 0.2) is 0 Å². The number of hydrogen-bond donors (Lipinski definition) is 1. The van der Waals surface area contributed by atoms with E-state index in [1.807, 2.05) is 11.8 Å². The fraction of sp³-hybridized carbons (Fsp3) is 1.00. The van der Waals surface area contributed by atoms with Gasteiger partial charge in [-0.25, -0.2) is 0 Å². The van der Waals surface area contributed by atoms with Crippen molar-refractivity contribution in [2.24, 2.45) is 5.73 Å². The molecule has 0 aliphatic rings. The molecule has 0 aromatic rings. The number of hydrogen-bond acceptors (Lipinski definition) is 2. The van der Waals surface area contributed by atoms with E-state index in [1.54, 1.807) is 0 Å². The van der Waals surface area contributed by atoms with Gasteiger partial charge in [-0.15, -0.1) is 0 Å². The molecule has 0 saturated carbocycles. The molecule has 0 atom stereocenters. The van der Waals surface area contributed by atoms with Gasteiger partial charge in [0.05, 0.1) is 0 Å². The molecule has 0 aliphatic carbocycles. The van der Waals surface area contributed by atoms with Crippen molar-refractivity contribution in [3.63, 3.8) is 0 Å². The van der Waals surface area contributed by atoms with Crippen molar-refractivity contribution in [2.45, 2.75) is 17.3 Å². The Balaban J connectivity index is 2.60. The molecule has 9 heavy (non-hydrogen) atoms. The van der Waals surface area contributed by atoms with Crippen molar-refractivity contribution >= 4 is 32.9 Å². The van der Waals surface area contributed by atoms with E-state index in [2.05, 4.69) is 6.26 Å². The van der Waals surface area contributed by atoms with Crippen LogP contribution in [0.15, 0.2) is 0 Å². The summed E-state index contributed by atoms with van der Waals surface area (Å²) >= 11 is 2.06. The number of thioether (sulfide) groups is 1. The maximum atomic E-state index is 5.36. The van der Waals surface area contributed by atoms with Gasteiger partial charge in [0, 0.05) is 0 Å². The third kappa shape index (κ3) is 9.11. The molecule has 0 aromatic heterocycles. The molecule has 2 N–H and O–H groups in total. The zero-order chi connectivity index (χ0) is 6.95. The Bertz CT molecular complexity index is 46.3. The summed E-state index contributed by atoms with van der Waals surface area (Å²) in [6, 6.07) is 0. The first kappa shape index (κ1) is 10.1. The van der Waals surface area contributed by atoms with E-state index in [1.165, 1.54) is 21.0 Å². The van der Waals surface area contributed by atoms with Gasteiger partial charge in [0.25, 0.3) is 0 Å². The predicted octanol–water partition coefficient (Wildman–Crippen LogP) is 1.17. The van der Waals surface area contributed by atoms with Gasteiger partial charge in [-0.3, -0.25) is 0 Å². The quantitative estimate of drug-likeness (QED) is 0.567. The number of unbranched alkanes of at least 4 members (excludes halogenated alkanes) is 1. The molecule has 0 saturated heterocycles. The number of rotatable bonds is 6. The van der Waals surface area contributed by atoms with Crippen LogP contribution in [0, 0.1) is 0 Å². The fourth-order valence-corrected chi connectivity index (χ4v) is 5.33. The summed E-state index contributed by atoms with van der Waals surface area (Å²) in [4.78, 5) is 0. The van der Waals surface area contributed by atoms with Crippen molar-refractivity contribution in [3.05, 3.63) is 0 Å². The van der Waals surface area contributed by atoms with Crippen LogP contribution in [0.5, 0.6) is 0 Å². The Morgan fingerprint density at radius 2 is 2.22 bits per heavy atom. The van der Waals surface area contributed by atoms with E-state index in [9.17, 15) is 0 Å². The van der Waals surface area contributed by atoms with Crippen molar-refractivity contribution in [1.29, 1.82) is 0 Å². The van der Waals surface area contributed by atoms with E-state index in [-0.39, 0.29) is 21.1 Å². The molecule has 0 aromatic carbocycles. The third-order valence-corrected chi connectivity index (χ3v) is 7.78. The van der Waals surface area contributed by atoms with Gasteiger partial charge in [-0.1, -0.05) is 0 Å². The van der Waals surface area contributed by atoms with Crippen LogP contribution in [-0.4, -0.2) is 37.7 Å². The van der Waals surface area contributed by atoms with Crippen LogP contribution in [0.4, 0.5) is 0 Å². The van der Waals surface area contributed by atoms with Gasteiger partial charge < -0.3 is 0 Å². The topological polar surface area (TPSA) is 26.0 Å². The van der Waals surface area contributed by atoms with Crippen LogP contribution in [0.3, 0.4) is 0 Å². The summed E-state index contributed by atoms with van der Waals surface area (Å²) in [7, 11) is 0. The normalized spacial score (nSPS) is 9.11. The first-order valence-corrected chi connectivity index (χ1v) is 8.74. The van der Waals surface area contributed by atoms with Gasteiger partial charge in [-0.2, -0.15) is 0 Å². The van der Waals surface area contributed by atoms with Gasteiger partial charge in [-0.05, 0) is 0 Å².